The summed E-state index contributed by atoms with van der Waals surface area (Å²) < 4.78 is 5.10. The average Bonchev–Trinajstić information content (AvgIpc) is 2.81. The van der Waals surface area contributed by atoms with Crippen molar-refractivity contribution in [1.82, 2.24) is 9.97 Å². The van der Waals surface area contributed by atoms with Gasteiger partial charge in [0.15, 0.2) is 0 Å². The van der Waals surface area contributed by atoms with Crippen molar-refractivity contribution in [3.63, 3.8) is 0 Å². The van der Waals surface area contributed by atoms with Crippen molar-refractivity contribution in [1.29, 1.82) is 0 Å². The van der Waals surface area contributed by atoms with Crippen LogP contribution in [-0.4, -0.2) is 23.6 Å². The molecule has 0 spiro atoms. The van der Waals surface area contributed by atoms with Crippen LogP contribution in [0.5, 0.6) is 5.88 Å². The van der Waals surface area contributed by atoms with Crippen molar-refractivity contribution < 1.29 is 4.74 Å². The van der Waals surface area contributed by atoms with E-state index in [9.17, 15) is 0 Å². The second-order valence-corrected chi connectivity index (χ2v) is 4.46. The Bertz CT molecular complexity index is 471. The fourth-order valence-electron chi connectivity index (χ4n) is 1.48. The lowest BCUT2D eigenvalue weighted by molar-refractivity contribution is 0.397. The highest BCUT2D eigenvalue weighted by Gasteiger charge is 2.01. The molecule has 90 valence electrons. The first-order chi connectivity index (χ1) is 8.28. The van der Waals surface area contributed by atoms with Crippen LogP contribution in [0.25, 0.3) is 0 Å². The van der Waals surface area contributed by atoms with Gasteiger partial charge in [-0.3, -0.25) is 0 Å². The maximum Gasteiger partial charge on any atom is 0.226 e. The Balaban J connectivity index is 1.92. The SMILES string of the molecule is COc1cc(C)nc(NCCc2ccsc2)n1. The van der Waals surface area contributed by atoms with Gasteiger partial charge in [-0.25, -0.2) is 4.98 Å². The number of rotatable bonds is 5. The van der Waals surface area contributed by atoms with E-state index in [1.54, 1.807) is 18.4 Å². The highest BCUT2D eigenvalue weighted by molar-refractivity contribution is 7.07. The molecule has 0 aromatic carbocycles. The first kappa shape index (κ1) is 11.9. The van der Waals surface area contributed by atoms with Crippen LogP contribution in [0.15, 0.2) is 22.9 Å². The number of nitrogens with zero attached hydrogens (tertiary/aromatic N) is 2. The molecular weight excluding hydrogens is 234 g/mol. The zero-order valence-corrected chi connectivity index (χ0v) is 10.8. The second-order valence-electron chi connectivity index (χ2n) is 3.68. The van der Waals surface area contributed by atoms with Gasteiger partial charge in [-0.05, 0) is 35.7 Å². The molecule has 0 saturated carbocycles. The summed E-state index contributed by atoms with van der Waals surface area (Å²) in [5.41, 5.74) is 2.23. The predicted octanol–water partition coefficient (Wildman–Crippen LogP) is 2.51. The van der Waals surface area contributed by atoms with E-state index in [1.165, 1.54) is 5.56 Å². The molecule has 5 heteroatoms. The first-order valence-corrected chi connectivity index (χ1v) is 6.37. The molecule has 0 unspecified atom stereocenters. The summed E-state index contributed by atoms with van der Waals surface area (Å²) >= 11 is 1.72. The number of hydrogen-bond acceptors (Lipinski definition) is 5. The Morgan fingerprint density at radius 3 is 3.00 bits per heavy atom. The standard InChI is InChI=1S/C12H15N3OS/c1-9-7-11(16-2)15-12(14-9)13-5-3-10-4-6-17-8-10/h4,6-8H,3,5H2,1-2H3,(H,13,14,15). The van der Waals surface area contributed by atoms with E-state index in [-0.39, 0.29) is 0 Å². The van der Waals surface area contributed by atoms with Gasteiger partial charge in [0.1, 0.15) is 0 Å². The molecule has 0 amide bonds. The van der Waals surface area contributed by atoms with E-state index in [0.717, 1.165) is 18.7 Å². The van der Waals surface area contributed by atoms with Gasteiger partial charge < -0.3 is 10.1 Å². The monoisotopic (exact) mass is 249 g/mol. The number of nitrogens with one attached hydrogen (secondary N) is 1. The zero-order valence-electron chi connectivity index (χ0n) is 9.93. The van der Waals surface area contributed by atoms with Crippen LogP contribution in [-0.2, 0) is 6.42 Å². The third-order valence-electron chi connectivity index (χ3n) is 2.32. The first-order valence-electron chi connectivity index (χ1n) is 5.42. The number of methoxy groups -OCH3 is 1. The highest BCUT2D eigenvalue weighted by atomic mass is 32.1. The Kier molecular flexibility index (Phi) is 3.93. The molecule has 4 nitrogen and oxygen atoms in total. The van der Waals surface area contributed by atoms with Crippen LogP contribution in [0.1, 0.15) is 11.3 Å². The molecule has 0 radical (unpaired) electrons. The maximum absolute atomic E-state index is 5.10. The lowest BCUT2D eigenvalue weighted by Gasteiger charge is -2.06. The summed E-state index contributed by atoms with van der Waals surface area (Å²) in [5, 5.41) is 7.44. The van der Waals surface area contributed by atoms with Crippen LogP contribution in [0.2, 0.25) is 0 Å². The number of anilines is 1. The van der Waals surface area contributed by atoms with Gasteiger partial charge in [0.2, 0.25) is 11.8 Å². The van der Waals surface area contributed by atoms with Gasteiger partial charge in [0.25, 0.3) is 0 Å². The zero-order chi connectivity index (χ0) is 12.1. The number of hydrogen-bond donors (Lipinski definition) is 1. The van der Waals surface area contributed by atoms with Crippen LogP contribution in [0, 0.1) is 6.92 Å². The molecule has 0 aliphatic heterocycles. The normalized spacial score (nSPS) is 10.2. The minimum Gasteiger partial charge on any atom is -0.481 e. The molecule has 17 heavy (non-hydrogen) atoms. The summed E-state index contributed by atoms with van der Waals surface area (Å²) in [6.45, 7) is 2.75. The predicted molar refractivity (Wildman–Crippen MR) is 69.8 cm³/mol. The second kappa shape index (κ2) is 5.63. The van der Waals surface area contributed by atoms with Crippen molar-refractivity contribution >= 4 is 17.3 Å². The van der Waals surface area contributed by atoms with Crippen LogP contribution < -0.4 is 10.1 Å². The minimum atomic E-state index is 0.593. The third-order valence-corrected chi connectivity index (χ3v) is 3.05. The van der Waals surface area contributed by atoms with Crippen molar-refractivity contribution in [3.05, 3.63) is 34.2 Å². The highest BCUT2D eigenvalue weighted by Crippen LogP contribution is 2.11. The van der Waals surface area contributed by atoms with Crippen molar-refractivity contribution in [2.24, 2.45) is 0 Å². The van der Waals surface area contributed by atoms with Crippen molar-refractivity contribution in [3.8, 4) is 5.88 Å². The molecule has 2 heterocycles. The van der Waals surface area contributed by atoms with Crippen LogP contribution in [0.4, 0.5) is 5.95 Å². The van der Waals surface area contributed by atoms with Crippen LogP contribution in [0.3, 0.4) is 0 Å². The summed E-state index contributed by atoms with van der Waals surface area (Å²) in [6.07, 6.45) is 0.975. The van der Waals surface area contributed by atoms with Gasteiger partial charge in [0, 0.05) is 18.3 Å². The van der Waals surface area contributed by atoms with Gasteiger partial charge in [-0.2, -0.15) is 16.3 Å². The van der Waals surface area contributed by atoms with Gasteiger partial charge >= 0.3 is 0 Å². The molecule has 1 N–H and O–H groups in total. The number of ether oxygens (including phenoxy) is 1. The van der Waals surface area contributed by atoms with E-state index in [2.05, 4.69) is 32.1 Å². The van der Waals surface area contributed by atoms with Gasteiger partial charge in [0.05, 0.1) is 7.11 Å². The molecule has 0 saturated heterocycles. The third kappa shape index (κ3) is 3.42. The molecular formula is C12H15N3OS. The van der Waals surface area contributed by atoms with E-state index in [1.807, 2.05) is 13.0 Å². The Labute approximate surface area is 105 Å². The molecule has 0 fully saturated rings. The molecule has 0 aliphatic rings. The summed E-state index contributed by atoms with van der Waals surface area (Å²) in [6, 6.07) is 3.94. The fraction of sp³-hybridized carbons (Fsp3) is 0.333. The van der Waals surface area contributed by atoms with Crippen molar-refractivity contribution in [2.75, 3.05) is 19.0 Å². The lowest BCUT2D eigenvalue weighted by Crippen LogP contribution is -2.08. The largest absolute Gasteiger partial charge is 0.481 e. The quantitative estimate of drug-likeness (QED) is 0.884. The Morgan fingerprint density at radius 2 is 2.29 bits per heavy atom. The topological polar surface area (TPSA) is 47.0 Å². The fourth-order valence-corrected chi connectivity index (χ4v) is 2.18. The van der Waals surface area contributed by atoms with Crippen molar-refractivity contribution in [2.45, 2.75) is 13.3 Å². The molecule has 2 aromatic heterocycles. The molecule has 2 rings (SSSR count). The smallest absolute Gasteiger partial charge is 0.226 e. The van der Waals surface area contributed by atoms with Gasteiger partial charge in [-0.1, -0.05) is 0 Å². The van der Waals surface area contributed by atoms with E-state index in [4.69, 9.17) is 4.74 Å². The Hall–Kier alpha value is -1.62. The summed E-state index contributed by atoms with van der Waals surface area (Å²) in [7, 11) is 1.61. The van der Waals surface area contributed by atoms with E-state index in [0.29, 0.717) is 11.8 Å². The Morgan fingerprint density at radius 1 is 1.41 bits per heavy atom. The van der Waals surface area contributed by atoms with Crippen LogP contribution >= 0.6 is 11.3 Å². The molecule has 0 bridgehead atoms. The molecule has 2 aromatic rings. The molecule has 0 aliphatic carbocycles. The van der Waals surface area contributed by atoms with Gasteiger partial charge in [-0.15, -0.1) is 0 Å². The minimum absolute atomic E-state index is 0.593. The summed E-state index contributed by atoms with van der Waals surface area (Å²) in [5.74, 6) is 1.22. The van der Waals surface area contributed by atoms with E-state index >= 15 is 0 Å². The number of aromatic nitrogens is 2. The average molecular weight is 249 g/mol. The van der Waals surface area contributed by atoms with E-state index < -0.39 is 0 Å². The molecule has 0 atom stereocenters. The number of aryl methyl sites for hydroxylation is 1. The maximum atomic E-state index is 5.10. The lowest BCUT2D eigenvalue weighted by atomic mass is 10.2. The number of thiophene rings is 1. The summed E-state index contributed by atoms with van der Waals surface area (Å²) in [4.78, 5) is 8.53.